The number of hydrogen-bond acceptors (Lipinski definition) is 3. The van der Waals surface area contributed by atoms with Crippen LogP contribution in [-0.4, -0.2) is 17.1 Å². The number of anilines is 1. The molecule has 0 aliphatic carbocycles. The molecule has 1 heterocycles. The number of hydrogen-bond donors (Lipinski definition) is 1. The summed E-state index contributed by atoms with van der Waals surface area (Å²) in [5.41, 5.74) is 0.442. The summed E-state index contributed by atoms with van der Waals surface area (Å²) in [7, 11) is 1.60. The topological polar surface area (TPSA) is 36.4 Å². The molecule has 112 valence electrons. The lowest BCUT2D eigenvalue weighted by Gasteiger charge is -2.24. The van der Waals surface area contributed by atoms with Gasteiger partial charge in [-0.1, -0.05) is 6.07 Å². The second-order valence-electron chi connectivity index (χ2n) is 4.72. The molecular weight excluding hydrogens is 281 g/mol. The summed E-state index contributed by atoms with van der Waals surface area (Å²) in [4.78, 5) is 5.41. The molecule has 0 aliphatic heterocycles. The van der Waals surface area contributed by atoms with Gasteiger partial charge < -0.3 is 10.0 Å². The van der Waals surface area contributed by atoms with Crippen molar-refractivity contribution in [3.8, 4) is 0 Å². The first-order chi connectivity index (χ1) is 9.91. The molecular formula is C15H15F3N2O. The Morgan fingerprint density at radius 3 is 2.33 bits per heavy atom. The normalized spacial score (nSPS) is 11.5. The maximum Gasteiger partial charge on any atom is 0.418 e. The molecule has 3 nitrogen and oxygen atoms in total. The smallest absolute Gasteiger partial charge is 0.392 e. The van der Waals surface area contributed by atoms with Crippen molar-refractivity contribution in [2.45, 2.75) is 19.3 Å². The standard InChI is InChI=1S/C15H15F3N2O/c1-20(9-11-4-6-19-7-5-11)14-3-2-12(10-21)8-13(14)15(16,17)18/h2-8,21H,9-10H2,1H3. The van der Waals surface area contributed by atoms with Crippen molar-refractivity contribution in [2.24, 2.45) is 0 Å². The zero-order chi connectivity index (χ0) is 15.5. The highest BCUT2D eigenvalue weighted by Crippen LogP contribution is 2.37. The van der Waals surface area contributed by atoms with Crippen molar-refractivity contribution in [3.63, 3.8) is 0 Å². The molecule has 0 fully saturated rings. The fourth-order valence-electron chi connectivity index (χ4n) is 2.09. The van der Waals surface area contributed by atoms with E-state index in [1.165, 1.54) is 17.0 Å². The van der Waals surface area contributed by atoms with Crippen LogP contribution >= 0.6 is 0 Å². The van der Waals surface area contributed by atoms with E-state index in [-0.39, 0.29) is 11.3 Å². The number of halogens is 3. The Kier molecular flexibility index (Phi) is 4.47. The number of aliphatic hydroxyl groups excluding tert-OH is 1. The molecule has 0 bridgehead atoms. The minimum Gasteiger partial charge on any atom is -0.392 e. The van der Waals surface area contributed by atoms with Gasteiger partial charge in [0, 0.05) is 31.7 Å². The molecule has 1 aromatic heterocycles. The summed E-state index contributed by atoms with van der Waals surface area (Å²) in [5, 5.41) is 9.00. The third-order valence-corrected chi connectivity index (χ3v) is 3.13. The molecule has 21 heavy (non-hydrogen) atoms. The number of benzene rings is 1. The number of aromatic nitrogens is 1. The Morgan fingerprint density at radius 1 is 1.10 bits per heavy atom. The first-order valence-corrected chi connectivity index (χ1v) is 6.33. The second kappa shape index (κ2) is 6.13. The minimum atomic E-state index is -4.47. The van der Waals surface area contributed by atoms with Gasteiger partial charge in [0.1, 0.15) is 0 Å². The lowest BCUT2D eigenvalue weighted by atomic mass is 10.1. The third-order valence-electron chi connectivity index (χ3n) is 3.13. The number of aliphatic hydroxyl groups is 1. The van der Waals surface area contributed by atoms with Crippen LogP contribution in [-0.2, 0) is 19.3 Å². The van der Waals surface area contributed by atoms with Crippen molar-refractivity contribution in [2.75, 3.05) is 11.9 Å². The van der Waals surface area contributed by atoms with Gasteiger partial charge in [-0.25, -0.2) is 0 Å². The zero-order valence-electron chi connectivity index (χ0n) is 11.4. The average Bonchev–Trinajstić information content (AvgIpc) is 2.46. The molecule has 0 amide bonds. The van der Waals surface area contributed by atoms with Crippen molar-refractivity contribution >= 4 is 5.69 Å². The van der Waals surface area contributed by atoms with Gasteiger partial charge in [0.15, 0.2) is 0 Å². The molecule has 0 unspecified atom stereocenters. The van der Waals surface area contributed by atoms with E-state index in [0.29, 0.717) is 6.54 Å². The van der Waals surface area contributed by atoms with Gasteiger partial charge in [-0.05, 0) is 35.4 Å². The number of alkyl halides is 3. The maximum absolute atomic E-state index is 13.1. The highest BCUT2D eigenvalue weighted by molar-refractivity contribution is 5.56. The van der Waals surface area contributed by atoms with Crippen LogP contribution < -0.4 is 4.90 Å². The Morgan fingerprint density at radius 2 is 1.76 bits per heavy atom. The van der Waals surface area contributed by atoms with Crippen molar-refractivity contribution in [3.05, 3.63) is 59.4 Å². The van der Waals surface area contributed by atoms with Gasteiger partial charge in [0.2, 0.25) is 0 Å². The van der Waals surface area contributed by atoms with Crippen LogP contribution in [0.5, 0.6) is 0 Å². The maximum atomic E-state index is 13.1. The van der Waals surface area contributed by atoms with Gasteiger partial charge in [0.25, 0.3) is 0 Å². The first-order valence-electron chi connectivity index (χ1n) is 6.33. The van der Waals surface area contributed by atoms with Crippen LogP contribution in [0.1, 0.15) is 16.7 Å². The summed E-state index contributed by atoms with van der Waals surface area (Å²) < 4.78 is 39.4. The molecule has 0 radical (unpaired) electrons. The number of nitrogens with zero attached hydrogens (tertiary/aromatic N) is 2. The van der Waals surface area contributed by atoms with Gasteiger partial charge in [-0.2, -0.15) is 13.2 Å². The van der Waals surface area contributed by atoms with E-state index in [9.17, 15) is 13.2 Å². The molecule has 0 saturated carbocycles. The lowest BCUT2D eigenvalue weighted by Crippen LogP contribution is -2.21. The lowest BCUT2D eigenvalue weighted by molar-refractivity contribution is -0.137. The summed E-state index contributed by atoms with van der Waals surface area (Å²) >= 11 is 0. The molecule has 1 aromatic carbocycles. The Bertz CT molecular complexity index is 600. The monoisotopic (exact) mass is 296 g/mol. The number of pyridine rings is 1. The molecule has 0 saturated heterocycles. The van der Waals surface area contributed by atoms with Gasteiger partial charge in [-0.15, -0.1) is 0 Å². The van der Waals surface area contributed by atoms with Crippen LogP contribution in [0.25, 0.3) is 0 Å². The van der Waals surface area contributed by atoms with Crippen molar-refractivity contribution < 1.29 is 18.3 Å². The largest absolute Gasteiger partial charge is 0.418 e. The minimum absolute atomic E-state index is 0.0801. The zero-order valence-corrected chi connectivity index (χ0v) is 11.4. The van der Waals surface area contributed by atoms with Gasteiger partial charge in [-0.3, -0.25) is 4.98 Å². The van der Waals surface area contributed by atoms with Gasteiger partial charge in [0.05, 0.1) is 12.2 Å². The van der Waals surface area contributed by atoms with E-state index in [0.717, 1.165) is 11.6 Å². The molecule has 0 spiro atoms. The Hall–Kier alpha value is -2.08. The molecule has 2 aromatic rings. The predicted octanol–water partition coefficient (Wildman–Crippen LogP) is 3.23. The SMILES string of the molecule is CN(Cc1ccncc1)c1ccc(CO)cc1C(F)(F)F. The quantitative estimate of drug-likeness (QED) is 0.941. The third kappa shape index (κ3) is 3.72. The van der Waals surface area contributed by atoms with E-state index in [1.54, 1.807) is 31.6 Å². The summed E-state index contributed by atoms with van der Waals surface area (Å²) in [6, 6.07) is 7.37. The van der Waals surface area contributed by atoms with Gasteiger partial charge >= 0.3 is 6.18 Å². The molecule has 2 rings (SSSR count). The predicted molar refractivity (Wildman–Crippen MR) is 73.7 cm³/mol. The van der Waals surface area contributed by atoms with E-state index in [2.05, 4.69) is 4.98 Å². The van der Waals surface area contributed by atoms with Crippen molar-refractivity contribution in [1.29, 1.82) is 0 Å². The van der Waals surface area contributed by atoms with Crippen LogP contribution in [0.3, 0.4) is 0 Å². The molecule has 0 aliphatic rings. The highest BCUT2D eigenvalue weighted by atomic mass is 19.4. The second-order valence-corrected chi connectivity index (χ2v) is 4.72. The van der Waals surface area contributed by atoms with Crippen LogP contribution in [0, 0.1) is 0 Å². The fourth-order valence-corrected chi connectivity index (χ4v) is 2.09. The molecule has 0 atom stereocenters. The van der Waals surface area contributed by atoms with Crippen LogP contribution in [0.2, 0.25) is 0 Å². The van der Waals surface area contributed by atoms with E-state index < -0.39 is 18.3 Å². The Labute approximate surface area is 120 Å². The summed E-state index contributed by atoms with van der Waals surface area (Å²) in [5.74, 6) is 0. The average molecular weight is 296 g/mol. The summed E-state index contributed by atoms with van der Waals surface area (Å²) in [6.07, 6.45) is -1.27. The summed E-state index contributed by atoms with van der Waals surface area (Å²) in [6.45, 7) is -0.0818. The number of rotatable bonds is 4. The highest BCUT2D eigenvalue weighted by Gasteiger charge is 2.34. The van der Waals surface area contributed by atoms with Crippen LogP contribution in [0.15, 0.2) is 42.7 Å². The van der Waals surface area contributed by atoms with Crippen LogP contribution in [0.4, 0.5) is 18.9 Å². The van der Waals surface area contributed by atoms with E-state index in [4.69, 9.17) is 5.11 Å². The van der Waals surface area contributed by atoms with E-state index >= 15 is 0 Å². The fraction of sp³-hybridized carbons (Fsp3) is 0.267. The van der Waals surface area contributed by atoms with E-state index in [1.807, 2.05) is 0 Å². The molecule has 6 heteroatoms. The first kappa shape index (κ1) is 15.3. The Balaban J connectivity index is 2.34. The molecule has 1 N–H and O–H groups in total. The van der Waals surface area contributed by atoms with Crippen molar-refractivity contribution in [1.82, 2.24) is 4.98 Å².